The molecule has 0 N–H and O–H groups in total. The van der Waals surface area contributed by atoms with E-state index in [1.165, 1.54) is 23.5 Å². The van der Waals surface area contributed by atoms with Crippen molar-refractivity contribution in [1.29, 1.82) is 0 Å². The van der Waals surface area contributed by atoms with Crippen LogP contribution in [0.4, 0.5) is 19.5 Å². The van der Waals surface area contributed by atoms with Gasteiger partial charge in [-0.1, -0.05) is 11.3 Å². The molecule has 22 heavy (non-hydrogen) atoms. The lowest BCUT2D eigenvalue weighted by atomic mass is 10.3. The predicted molar refractivity (Wildman–Crippen MR) is 82.6 cm³/mol. The molecule has 0 saturated carbocycles. The van der Waals surface area contributed by atoms with E-state index in [1.54, 1.807) is 18.3 Å². The van der Waals surface area contributed by atoms with Gasteiger partial charge in [-0.05, 0) is 35.9 Å². The molecule has 0 saturated heterocycles. The molecule has 0 unspecified atom stereocenters. The molecule has 2 heterocycles. The summed E-state index contributed by atoms with van der Waals surface area (Å²) in [6.45, 7) is 0. The summed E-state index contributed by atoms with van der Waals surface area (Å²) in [5.41, 5.74) is 0.849. The summed E-state index contributed by atoms with van der Waals surface area (Å²) in [5, 5.41) is 1.11. The van der Waals surface area contributed by atoms with Gasteiger partial charge < -0.3 is 4.90 Å². The molecule has 4 nitrogen and oxygen atoms in total. The number of hydrogen-bond donors (Lipinski definition) is 0. The topological polar surface area (TPSA) is 41.9 Å². The molecule has 0 aliphatic rings. The molecule has 0 aliphatic carbocycles. The van der Waals surface area contributed by atoms with Crippen LogP contribution in [0.25, 0.3) is 10.7 Å². The molecule has 0 bridgehead atoms. The Morgan fingerprint density at radius 2 is 1.82 bits per heavy atom. The summed E-state index contributed by atoms with van der Waals surface area (Å²) < 4.78 is 26.7. The van der Waals surface area contributed by atoms with Gasteiger partial charge in [0.05, 0.1) is 12.4 Å². The fourth-order valence-corrected chi connectivity index (χ4v) is 2.84. The van der Waals surface area contributed by atoms with Crippen LogP contribution < -0.4 is 4.90 Å². The molecule has 3 rings (SSSR count). The first-order valence-corrected chi connectivity index (χ1v) is 7.37. The molecule has 0 atom stereocenters. The highest BCUT2D eigenvalue weighted by atomic mass is 35.5. The maximum absolute atomic E-state index is 13.8. The van der Waals surface area contributed by atoms with E-state index in [4.69, 9.17) is 11.6 Å². The average Bonchev–Trinajstić information content (AvgIpc) is 2.99. The molecular weight excluding hydrogens is 330 g/mol. The van der Waals surface area contributed by atoms with Gasteiger partial charge in [0.2, 0.25) is 5.28 Å². The summed E-state index contributed by atoms with van der Waals surface area (Å²) >= 11 is 6.94. The first kappa shape index (κ1) is 14.8. The first-order chi connectivity index (χ1) is 10.5. The van der Waals surface area contributed by atoms with Gasteiger partial charge in [0, 0.05) is 12.7 Å². The smallest absolute Gasteiger partial charge is 0.223 e. The van der Waals surface area contributed by atoms with E-state index in [0.29, 0.717) is 5.01 Å². The van der Waals surface area contributed by atoms with Gasteiger partial charge in [-0.3, -0.25) is 0 Å². The van der Waals surface area contributed by atoms with Crippen molar-refractivity contribution < 1.29 is 8.78 Å². The molecule has 3 aromatic rings. The Hall–Kier alpha value is -2.12. The maximum Gasteiger partial charge on any atom is 0.223 e. The van der Waals surface area contributed by atoms with Crippen LogP contribution in [0.2, 0.25) is 5.28 Å². The number of anilines is 2. The largest absolute Gasteiger partial charge is 0.335 e. The number of hydrogen-bond acceptors (Lipinski definition) is 5. The fourth-order valence-electron chi connectivity index (χ4n) is 1.82. The molecule has 0 fully saturated rings. The molecule has 112 valence electrons. The summed E-state index contributed by atoms with van der Waals surface area (Å²) in [6.07, 6.45) is 2.61. The molecule has 2 aromatic heterocycles. The lowest BCUT2D eigenvalue weighted by molar-refractivity contribution is 0.618. The second-order valence-electron chi connectivity index (χ2n) is 4.37. The average molecular weight is 339 g/mol. The number of benzene rings is 1. The highest BCUT2D eigenvalue weighted by molar-refractivity contribution is 7.19. The maximum atomic E-state index is 13.8. The van der Waals surface area contributed by atoms with Gasteiger partial charge in [-0.15, -0.1) is 0 Å². The quantitative estimate of drug-likeness (QED) is 0.668. The van der Waals surface area contributed by atoms with Crippen LogP contribution in [-0.4, -0.2) is 22.0 Å². The highest BCUT2D eigenvalue weighted by Gasteiger charge is 2.15. The second kappa shape index (κ2) is 5.94. The van der Waals surface area contributed by atoms with E-state index < -0.39 is 5.82 Å². The van der Waals surface area contributed by atoms with Crippen molar-refractivity contribution in [2.75, 3.05) is 11.9 Å². The number of halogens is 3. The van der Waals surface area contributed by atoms with Gasteiger partial charge >= 0.3 is 0 Å². The van der Waals surface area contributed by atoms with Gasteiger partial charge in [-0.25, -0.2) is 23.7 Å². The van der Waals surface area contributed by atoms with Gasteiger partial charge in [-0.2, -0.15) is 0 Å². The minimum absolute atomic E-state index is 0.0416. The number of nitrogens with zero attached hydrogens (tertiary/aromatic N) is 4. The Labute approximate surface area is 134 Å². The number of aromatic nitrogens is 3. The molecule has 1 aromatic carbocycles. The Bertz CT molecular complexity index is 807. The van der Waals surface area contributed by atoms with Crippen LogP contribution in [0.5, 0.6) is 0 Å². The van der Waals surface area contributed by atoms with Crippen molar-refractivity contribution in [3.63, 3.8) is 0 Å². The fraction of sp³-hybridized carbons (Fsp3) is 0.0714. The van der Waals surface area contributed by atoms with Crippen molar-refractivity contribution in [1.82, 2.24) is 15.0 Å². The Morgan fingerprint density at radius 3 is 2.55 bits per heavy atom. The summed E-state index contributed by atoms with van der Waals surface area (Å²) in [4.78, 5) is 13.4. The lowest BCUT2D eigenvalue weighted by Gasteiger charge is -2.16. The van der Waals surface area contributed by atoms with Crippen LogP contribution in [0, 0.1) is 11.6 Å². The summed E-state index contributed by atoms with van der Waals surface area (Å²) in [7, 11) is 1.81. The molecule has 0 radical (unpaired) electrons. The molecule has 0 amide bonds. The Morgan fingerprint density at radius 1 is 1.09 bits per heavy atom. The van der Waals surface area contributed by atoms with Gasteiger partial charge in [0.1, 0.15) is 21.5 Å². The van der Waals surface area contributed by atoms with Crippen LogP contribution in [0.15, 0.2) is 36.7 Å². The minimum Gasteiger partial charge on any atom is -0.335 e. The lowest BCUT2D eigenvalue weighted by Crippen LogP contribution is -2.07. The Balaban J connectivity index is 1.93. The predicted octanol–water partition coefficient (Wildman–Crippen LogP) is 4.30. The molecular formula is C14H9ClF2N4S. The van der Waals surface area contributed by atoms with Crippen LogP contribution in [0.3, 0.4) is 0 Å². The van der Waals surface area contributed by atoms with E-state index in [2.05, 4.69) is 15.0 Å². The third-order valence-corrected chi connectivity index (χ3v) is 4.22. The zero-order valence-electron chi connectivity index (χ0n) is 11.3. The Kier molecular flexibility index (Phi) is 4.00. The van der Waals surface area contributed by atoms with Gasteiger partial charge in [0.25, 0.3) is 0 Å². The number of thiazole rings is 1. The zero-order chi connectivity index (χ0) is 15.7. The van der Waals surface area contributed by atoms with E-state index in [9.17, 15) is 8.78 Å². The molecule has 0 spiro atoms. The van der Waals surface area contributed by atoms with Crippen LogP contribution in [0.1, 0.15) is 0 Å². The normalized spacial score (nSPS) is 10.7. The van der Waals surface area contributed by atoms with Gasteiger partial charge in [0.15, 0.2) is 5.82 Å². The van der Waals surface area contributed by atoms with Crippen LogP contribution >= 0.6 is 22.9 Å². The highest BCUT2D eigenvalue weighted by Crippen LogP contribution is 2.34. The zero-order valence-corrected chi connectivity index (χ0v) is 12.9. The SMILES string of the molecule is CN(c1ccc(F)cc1)c1cnc(-c2nc(Cl)ncc2F)s1. The standard InChI is InChI=1S/C14H9ClF2N4S/c1-21(9-4-2-8(16)3-5-9)11-7-18-13(22-11)12-10(17)6-19-14(15)20-12/h2-7H,1H3. The van der Waals surface area contributed by atoms with E-state index in [0.717, 1.165) is 16.9 Å². The van der Waals surface area contributed by atoms with Crippen molar-refractivity contribution in [2.24, 2.45) is 0 Å². The third-order valence-electron chi connectivity index (χ3n) is 2.96. The monoisotopic (exact) mass is 338 g/mol. The van der Waals surface area contributed by atoms with Crippen molar-refractivity contribution in [2.45, 2.75) is 0 Å². The molecule has 0 aliphatic heterocycles. The summed E-state index contributed by atoms with van der Waals surface area (Å²) in [6, 6.07) is 6.04. The van der Waals surface area contributed by atoms with Crippen LogP contribution in [-0.2, 0) is 0 Å². The van der Waals surface area contributed by atoms with E-state index in [-0.39, 0.29) is 16.8 Å². The molecule has 8 heteroatoms. The van der Waals surface area contributed by atoms with E-state index in [1.807, 2.05) is 11.9 Å². The van der Waals surface area contributed by atoms with Crippen molar-refractivity contribution in [3.05, 3.63) is 53.6 Å². The number of rotatable bonds is 3. The second-order valence-corrected chi connectivity index (χ2v) is 5.72. The summed E-state index contributed by atoms with van der Waals surface area (Å²) in [5.74, 6) is -0.894. The van der Waals surface area contributed by atoms with Crippen molar-refractivity contribution in [3.8, 4) is 10.7 Å². The van der Waals surface area contributed by atoms with Crippen molar-refractivity contribution >= 4 is 33.6 Å². The van der Waals surface area contributed by atoms with E-state index >= 15 is 0 Å². The third kappa shape index (κ3) is 2.90. The first-order valence-electron chi connectivity index (χ1n) is 6.18. The minimum atomic E-state index is -0.588.